The monoisotopic (exact) mass is 274 g/mol. The Morgan fingerprint density at radius 3 is 2.00 bits per heavy atom. The highest BCUT2D eigenvalue weighted by atomic mass is 15.1. The molecule has 2 heteroatoms. The van der Waals surface area contributed by atoms with Crippen molar-refractivity contribution in [2.75, 3.05) is 13.1 Å². The minimum Gasteiger partial charge on any atom is -0.308 e. The average Bonchev–Trinajstić information content (AvgIpc) is 2.66. The molecule has 0 aromatic heterocycles. The van der Waals surface area contributed by atoms with Crippen molar-refractivity contribution >= 4 is 0 Å². The van der Waals surface area contributed by atoms with Crippen LogP contribution in [0.1, 0.15) is 57.6 Å². The molecule has 1 aromatic rings. The Bertz CT molecular complexity index is 381. The molecule has 1 N–H and O–H groups in total. The van der Waals surface area contributed by atoms with Gasteiger partial charge in [0, 0.05) is 18.6 Å². The number of rotatable bonds is 4. The third-order valence-electron chi connectivity index (χ3n) is 3.95. The van der Waals surface area contributed by atoms with Crippen LogP contribution in [0.4, 0.5) is 0 Å². The number of hydrogen-bond donors (Lipinski definition) is 1. The molecule has 0 radical (unpaired) electrons. The minimum atomic E-state index is 0.185. The average molecular weight is 274 g/mol. The molecule has 0 saturated carbocycles. The van der Waals surface area contributed by atoms with Gasteiger partial charge in [-0.3, -0.25) is 4.90 Å². The molecular formula is C18H30N2. The molecule has 1 saturated heterocycles. The van der Waals surface area contributed by atoms with E-state index < -0.39 is 0 Å². The summed E-state index contributed by atoms with van der Waals surface area (Å²) in [7, 11) is 0. The first-order chi connectivity index (χ1) is 9.53. The standard InChI is InChI=1S/C18H30N2/c1-18(2,3)19-14-16-8-10-17(11-9-16)15-20-12-6-4-5-7-13-20/h8-11,19H,4-7,12-15H2,1-3H3. The van der Waals surface area contributed by atoms with E-state index in [0.29, 0.717) is 0 Å². The number of likely N-dealkylation sites (tertiary alicyclic amines) is 1. The van der Waals surface area contributed by atoms with Crippen molar-refractivity contribution in [3.05, 3.63) is 35.4 Å². The summed E-state index contributed by atoms with van der Waals surface area (Å²) in [5.41, 5.74) is 3.01. The van der Waals surface area contributed by atoms with E-state index in [0.717, 1.165) is 13.1 Å². The maximum absolute atomic E-state index is 3.54. The van der Waals surface area contributed by atoms with Crippen LogP contribution in [0.15, 0.2) is 24.3 Å². The molecule has 2 nitrogen and oxygen atoms in total. The molecule has 1 heterocycles. The Balaban J connectivity index is 1.84. The van der Waals surface area contributed by atoms with E-state index in [1.807, 2.05) is 0 Å². The lowest BCUT2D eigenvalue weighted by Gasteiger charge is -2.21. The van der Waals surface area contributed by atoms with Gasteiger partial charge in [-0.05, 0) is 57.8 Å². The van der Waals surface area contributed by atoms with Gasteiger partial charge in [0.25, 0.3) is 0 Å². The van der Waals surface area contributed by atoms with Gasteiger partial charge < -0.3 is 5.32 Å². The second kappa shape index (κ2) is 7.24. The third-order valence-corrected chi connectivity index (χ3v) is 3.95. The molecule has 0 spiro atoms. The number of nitrogens with zero attached hydrogens (tertiary/aromatic N) is 1. The zero-order valence-electron chi connectivity index (χ0n) is 13.4. The van der Waals surface area contributed by atoms with Crippen molar-refractivity contribution < 1.29 is 0 Å². The summed E-state index contributed by atoms with van der Waals surface area (Å²) >= 11 is 0. The van der Waals surface area contributed by atoms with Gasteiger partial charge in [0.1, 0.15) is 0 Å². The highest BCUT2D eigenvalue weighted by molar-refractivity contribution is 5.22. The largest absolute Gasteiger partial charge is 0.308 e. The van der Waals surface area contributed by atoms with Gasteiger partial charge in [-0.15, -0.1) is 0 Å². The maximum atomic E-state index is 3.54. The predicted octanol–water partition coefficient (Wildman–Crippen LogP) is 3.95. The van der Waals surface area contributed by atoms with Crippen LogP contribution in [-0.4, -0.2) is 23.5 Å². The van der Waals surface area contributed by atoms with Crippen LogP contribution in [0.3, 0.4) is 0 Å². The number of hydrogen-bond acceptors (Lipinski definition) is 2. The molecule has 0 amide bonds. The summed E-state index contributed by atoms with van der Waals surface area (Å²) in [5, 5.41) is 3.54. The van der Waals surface area contributed by atoms with Crippen molar-refractivity contribution in [2.45, 2.75) is 65.1 Å². The molecule has 112 valence electrons. The second-order valence-electron chi connectivity index (χ2n) is 7.11. The van der Waals surface area contributed by atoms with Crippen LogP contribution >= 0.6 is 0 Å². The molecule has 0 aliphatic carbocycles. The van der Waals surface area contributed by atoms with Crippen molar-refractivity contribution in [2.24, 2.45) is 0 Å². The predicted molar refractivity (Wildman–Crippen MR) is 86.8 cm³/mol. The van der Waals surface area contributed by atoms with Crippen LogP contribution in [-0.2, 0) is 13.1 Å². The second-order valence-corrected chi connectivity index (χ2v) is 7.11. The first kappa shape index (κ1) is 15.5. The fraction of sp³-hybridized carbons (Fsp3) is 0.667. The highest BCUT2D eigenvalue weighted by Gasteiger charge is 2.10. The van der Waals surface area contributed by atoms with Crippen LogP contribution in [0.25, 0.3) is 0 Å². The molecule has 1 fully saturated rings. The molecule has 0 unspecified atom stereocenters. The van der Waals surface area contributed by atoms with E-state index in [9.17, 15) is 0 Å². The first-order valence-corrected chi connectivity index (χ1v) is 8.08. The molecule has 20 heavy (non-hydrogen) atoms. The minimum absolute atomic E-state index is 0.185. The molecule has 2 rings (SSSR count). The van der Waals surface area contributed by atoms with Gasteiger partial charge in [0.15, 0.2) is 0 Å². The molecule has 1 aliphatic heterocycles. The summed E-state index contributed by atoms with van der Waals surface area (Å²) in [4.78, 5) is 2.61. The fourth-order valence-electron chi connectivity index (χ4n) is 2.68. The Morgan fingerprint density at radius 2 is 1.45 bits per heavy atom. The maximum Gasteiger partial charge on any atom is 0.0233 e. The SMILES string of the molecule is CC(C)(C)NCc1ccc(CN2CCCCCC2)cc1. The van der Waals surface area contributed by atoms with E-state index >= 15 is 0 Å². The van der Waals surface area contributed by atoms with Gasteiger partial charge in [0.2, 0.25) is 0 Å². The van der Waals surface area contributed by atoms with E-state index in [2.05, 4.69) is 55.3 Å². The molecular weight excluding hydrogens is 244 g/mol. The van der Waals surface area contributed by atoms with E-state index in [1.165, 1.54) is 49.9 Å². The summed E-state index contributed by atoms with van der Waals surface area (Å²) < 4.78 is 0. The molecule has 1 aromatic carbocycles. The summed E-state index contributed by atoms with van der Waals surface area (Å²) in [6, 6.07) is 9.13. The van der Waals surface area contributed by atoms with Crippen LogP contribution in [0.5, 0.6) is 0 Å². The summed E-state index contributed by atoms with van der Waals surface area (Å²) in [6.45, 7) is 11.2. The summed E-state index contributed by atoms with van der Waals surface area (Å²) in [5.74, 6) is 0. The van der Waals surface area contributed by atoms with E-state index in [4.69, 9.17) is 0 Å². The molecule has 0 bridgehead atoms. The lowest BCUT2D eigenvalue weighted by atomic mass is 10.1. The van der Waals surface area contributed by atoms with Gasteiger partial charge in [-0.2, -0.15) is 0 Å². The smallest absolute Gasteiger partial charge is 0.0233 e. The van der Waals surface area contributed by atoms with Crippen LogP contribution < -0.4 is 5.32 Å². The molecule has 1 aliphatic rings. The lowest BCUT2D eigenvalue weighted by molar-refractivity contribution is 0.277. The topological polar surface area (TPSA) is 15.3 Å². The van der Waals surface area contributed by atoms with E-state index in [1.54, 1.807) is 0 Å². The normalized spacial score (nSPS) is 17.9. The third kappa shape index (κ3) is 5.64. The zero-order chi connectivity index (χ0) is 14.4. The Kier molecular flexibility index (Phi) is 5.62. The van der Waals surface area contributed by atoms with Crippen molar-refractivity contribution in [1.29, 1.82) is 0 Å². The lowest BCUT2D eigenvalue weighted by Crippen LogP contribution is -2.35. The van der Waals surface area contributed by atoms with Gasteiger partial charge in [-0.1, -0.05) is 37.1 Å². The Labute approximate surface area is 124 Å². The molecule has 0 atom stereocenters. The van der Waals surface area contributed by atoms with Crippen molar-refractivity contribution in [3.8, 4) is 0 Å². The summed E-state index contributed by atoms with van der Waals surface area (Å²) in [6.07, 6.45) is 5.56. The zero-order valence-corrected chi connectivity index (χ0v) is 13.4. The Morgan fingerprint density at radius 1 is 0.900 bits per heavy atom. The van der Waals surface area contributed by atoms with Gasteiger partial charge in [0.05, 0.1) is 0 Å². The number of benzene rings is 1. The van der Waals surface area contributed by atoms with Crippen molar-refractivity contribution in [1.82, 2.24) is 10.2 Å². The van der Waals surface area contributed by atoms with Gasteiger partial charge in [-0.25, -0.2) is 0 Å². The fourth-order valence-corrected chi connectivity index (χ4v) is 2.68. The van der Waals surface area contributed by atoms with Crippen molar-refractivity contribution in [3.63, 3.8) is 0 Å². The Hall–Kier alpha value is -0.860. The highest BCUT2D eigenvalue weighted by Crippen LogP contribution is 2.14. The first-order valence-electron chi connectivity index (χ1n) is 8.08. The quantitative estimate of drug-likeness (QED) is 0.894. The van der Waals surface area contributed by atoms with Gasteiger partial charge >= 0.3 is 0 Å². The number of nitrogens with one attached hydrogen (secondary N) is 1. The van der Waals surface area contributed by atoms with E-state index in [-0.39, 0.29) is 5.54 Å². The van der Waals surface area contributed by atoms with Crippen LogP contribution in [0, 0.1) is 0 Å². The van der Waals surface area contributed by atoms with Crippen LogP contribution in [0.2, 0.25) is 0 Å².